The van der Waals surface area contributed by atoms with Crippen molar-refractivity contribution in [2.75, 3.05) is 26.1 Å². The van der Waals surface area contributed by atoms with Crippen LogP contribution in [0.4, 0.5) is 5.69 Å². The molecule has 0 aliphatic carbocycles. The number of benzene rings is 2. The van der Waals surface area contributed by atoms with Crippen LogP contribution in [-0.4, -0.2) is 26.7 Å². The lowest BCUT2D eigenvalue weighted by Crippen LogP contribution is -2.15. The Morgan fingerprint density at radius 2 is 1.71 bits per heavy atom. The topological polar surface area (TPSA) is 56.8 Å². The van der Waals surface area contributed by atoms with E-state index in [9.17, 15) is 4.79 Å². The van der Waals surface area contributed by atoms with Gasteiger partial charge in [-0.25, -0.2) is 0 Å². The van der Waals surface area contributed by atoms with Crippen LogP contribution < -0.4 is 19.5 Å². The molecule has 0 bridgehead atoms. The first-order valence-corrected chi connectivity index (χ1v) is 7.90. The van der Waals surface area contributed by atoms with E-state index in [4.69, 9.17) is 14.2 Å². The Kier molecular flexibility index (Phi) is 6.49. The SMILES string of the molecule is CCc1ccc(OCCC(=O)Nc2cc(OC)ccc2OC)cc1. The molecule has 0 atom stereocenters. The molecule has 1 amide bonds. The van der Waals surface area contributed by atoms with Crippen LogP contribution in [0.3, 0.4) is 0 Å². The molecule has 0 radical (unpaired) electrons. The Bertz CT molecular complexity index is 668. The molecule has 0 unspecified atom stereocenters. The van der Waals surface area contributed by atoms with Gasteiger partial charge in [-0.3, -0.25) is 4.79 Å². The molecule has 0 aliphatic rings. The molecule has 2 rings (SSSR count). The number of hydrogen-bond donors (Lipinski definition) is 1. The predicted octanol–water partition coefficient (Wildman–Crippen LogP) is 3.67. The lowest BCUT2D eigenvalue weighted by molar-refractivity contribution is -0.116. The first-order chi connectivity index (χ1) is 11.7. The van der Waals surface area contributed by atoms with Crippen LogP contribution in [0.15, 0.2) is 42.5 Å². The number of methoxy groups -OCH3 is 2. The van der Waals surface area contributed by atoms with E-state index in [-0.39, 0.29) is 12.3 Å². The zero-order valence-electron chi connectivity index (χ0n) is 14.3. The summed E-state index contributed by atoms with van der Waals surface area (Å²) in [7, 11) is 3.13. The molecule has 0 aliphatic heterocycles. The number of amides is 1. The zero-order chi connectivity index (χ0) is 17.4. The van der Waals surface area contributed by atoms with Crippen molar-refractivity contribution in [3.05, 3.63) is 48.0 Å². The standard InChI is InChI=1S/C19H23NO4/c1-4-14-5-7-15(8-6-14)24-12-11-19(21)20-17-13-16(22-2)9-10-18(17)23-3/h5-10,13H,4,11-12H2,1-3H3,(H,20,21). The molecule has 0 saturated carbocycles. The summed E-state index contributed by atoms with van der Waals surface area (Å²) in [6, 6.07) is 13.1. The summed E-state index contributed by atoms with van der Waals surface area (Å²) in [6.07, 6.45) is 1.24. The van der Waals surface area contributed by atoms with Crippen LogP contribution in [0.1, 0.15) is 18.9 Å². The van der Waals surface area contributed by atoms with E-state index in [2.05, 4.69) is 12.2 Å². The molecule has 2 aromatic carbocycles. The largest absolute Gasteiger partial charge is 0.497 e. The molecular formula is C19H23NO4. The maximum atomic E-state index is 12.1. The van der Waals surface area contributed by atoms with Crippen LogP contribution in [0.25, 0.3) is 0 Å². The van der Waals surface area contributed by atoms with Crippen LogP contribution in [0.5, 0.6) is 17.2 Å². The highest BCUT2D eigenvalue weighted by Gasteiger charge is 2.09. The summed E-state index contributed by atoms with van der Waals surface area (Å²) in [5.74, 6) is 1.85. The van der Waals surface area contributed by atoms with Crippen LogP contribution in [-0.2, 0) is 11.2 Å². The maximum absolute atomic E-state index is 12.1. The van der Waals surface area contributed by atoms with Crippen molar-refractivity contribution >= 4 is 11.6 Å². The van der Waals surface area contributed by atoms with Crippen molar-refractivity contribution in [1.29, 1.82) is 0 Å². The fourth-order valence-electron chi connectivity index (χ4n) is 2.21. The maximum Gasteiger partial charge on any atom is 0.227 e. The smallest absolute Gasteiger partial charge is 0.227 e. The van der Waals surface area contributed by atoms with Crippen molar-refractivity contribution in [2.24, 2.45) is 0 Å². The summed E-state index contributed by atoms with van der Waals surface area (Å²) >= 11 is 0. The number of rotatable bonds is 8. The van der Waals surface area contributed by atoms with Gasteiger partial charge in [-0.2, -0.15) is 0 Å². The van der Waals surface area contributed by atoms with E-state index in [1.54, 1.807) is 32.4 Å². The van der Waals surface area contributed by atoms with E-state index in [1.165, 1.54) is 5.56 Å². The summed E-state index contributed by atoms with van der Waals surface area (Å²) < 4.78 is 16.0. The Labute approximate surface area is 142 Å². The molecule has 0 fully saturated rings. The van der Waals surface area contributed by atoms with Gasteiger partial charge in [0.15, 0.2) is 0 Å². The van der Waals surface area contributed by atoms with Crippen molar-refractivity contribution in [2.45, 2.75) is 19.8 Å². The number of nitrogens with one attached hydrogen (secondary N) is 1. The molecule has 0 saturated heterocycles. The van der Waals surface area contributed by atoms with Crippen molar-refractivity contribution in [3.8, 4) is 17.2 Å². The highest BCUT2D eigenvalue weighted by atomic mass is 16.5. The first-order valence-electron chi connectivity index (χ1n) is 7.90. The molecular weight excluding hydrogens is 306 g/mol. The van der Waals surface area contributed by atoms with Gasteiger partial charge in [0.1, 0.15) is 17.2 Å². The first kappa shape index (κ1) is 17.7. The van der Waals surface area contributed by atoms with Crippen molar-refractivity contribution in [3.63, 3.8) is 0 Å². The Hall–Kier alpha value is -2.69. The number of anilines is 1. The number of aryl methyl sites for hydroxylation is 1. The van der Waals surface area contributed by atoms with Gasteiger partial charge in [-0.15, -0.1) is 0 Å². The fraction of sp³-hybridized carbons (Fsp3) is 0.316. The summed E-state index contributed by atoms with van der Waals surface area (Å²) in [6.45, 7) is 2.41. The van der Waals surface area contributed by atoms with Gasteiger partial charge in [0.2, 0.25) is 5.91 Å². The summed E-state index contributed by atoms with van der Waals surface area (Å²) in [5.41, 5.74) is 1.83. The lowest BCUT2D eigenvalue weighted by Gasteiger charge is -2.12. The van der Waals surface area contributed by atoms with Crippen molar-refractivity contribution < 1.29 is 19.0 Å². The lowest BCUT2D eigenvalue weighted by atomic mass is 10.2. The van der Waals surface area contributed by atoms with Crippen LogP contribution in [0, 0.1) is 0 Å². The van der Waals surface area contributed by atoms with Gasteiger partial charge in [-0.1, -0.05) is 19.1 Å². The van der Waals surface area contributed by atoms with Crippen molar-refractivity contribution in [1.82, 2.24) is 0 Å². The number of ether oxygens (including phenoxy) is 3. The highest BCUT2D eigenvalue weighted by Crippen LogP contribution is 2.28. The van der Waals surface area contributed by atoms with Crippen LogP contribution in [0.2, 0.25) is 0 Å². The van der Waals surface area contributed by atoms with E-state index < -0.39 is 0 Å². The monoisotopic (exact) mass is 329 g/mol. The second-order valence-corrected chi connectivity index (χ2v) is 5.21. The van der Waals surface area contributed by atoms with Gasteiger partial charge in [0.05, 0.1) is 32.9 Å². The third-order valence-corrected chi connectivity index (χ3v) is 3.61. The minimum absolute atomic E-state index is 0.147. The number of carbonyl (C=O) groups excluding carboxylic acids is 1. The predicted molar refractivity (Wildman–Crippen MR) is 94.1 cm³/mol. The molecule has 5 nitrogen and oxygen atoms in total. The highest BCUT2D eigenvalue weighted by molar-refractivity contribution is 5.92. The fourth-order valence-corrected chi connectivity index (χ4v) is 2.21. The van der Waals surface area contributed by atoms with Gasteiger partial charge in [0.25, 0.3) is 0 Å². The third kappa shape index (κ3) is 4.91. The average Bonchev–Trinajstić information content (AvgIpc) is 2.62. The molecule has 0 aromatic heterocycles. The molecule has 128 valence electrons. The quantitative estimate of drug-likeness (QED) is 0.803. The molecule has 2 aromatic rings. The second-order valence-electron chi connectivity index (χ2n) is 5.21. The van der Waals surface area contributed by atoms with Gasteiger partial charge in [-0.05, 0) is 36.2 Å². The molecule has 5 heteroatoms. The molecule has 1 N–H and O–H groups in total. The van der Waals surface area contributed by atoms with Crippen LogP contribution >= 0.6 is 0 Å². The zero-order valence-corrected chi connectivity index (χ0v) is 14.3. The molecule has 24 heavy (non-hydrogen) atoms. The summed E-state index contributed by atoms with van der Waals surface area (Å²) in [5, 5.41) is 2.82. The summed E-state index contributed by atoms with van der Waals surface area (Å²) in [4.78, 5) is 12.1. The van der Waals surface area contributed by atoms with E-state index in [0.717, 1.165) is 12.2 Å². The van der Waals surface area contributed by atoms with Gasteiger partial charge in [0, 0.05) is 6.07 Å². The minimum atomic E-state index is -0.147. The average molecular weight is 329 g/mol. The normalized spacial score (nSPS) is 10.1. The van der Waals surface area contributed by atoms with E-state index >= 15 is 0 Å². The number of hydrogen-bond acceptors (Lipinski definition) is 4. The second kappa shape index (κ2) is 8.82. The molecule has 0 heterocycles. The number of carbonyl (C=O) groups is 1. The third-order valence-electron chi connectivity index (χ3n) is 3.61. The van der Waals surface area contributed by atoms with Gasteiger partial charge < -0.3 is 19.5 Å². The van der Waals surface area contributed by atoms with E-state index in [1.807, 2.05) is 24.3 Å². The molecule has 0 spiro atoms. The Morgan fingerprint density at radius 1 is 1.00 bits per heavy atom. The minimum Gasteiger partial charge on any atom is -0.497 e. The van der Waals surface area contributed by atoms with E-state index in [0.29, 0.717) is 23.8 Å². The Balaban J connectivity index is 1.86. The Morgan fingerprint density at radius 3 is 2.33 bits per heavy atom. The van der Waals surface area contributed by atoms with Gasteiger partial charge >= 0.3 is 0 Å².